The van der Waals surface area contributed by atoms with Gasteiger partial charge in [-0.15, -0.1) is 6.58 Å². The molecule has 0 aromatic heterocycles. The highest BCUT2D eigenvalue weighted by Gasteiger charge is 2.55. The van der Waals surface area contributed by atoms with Crippen LogP contribution in [0.5, 0.6) is 0 Å². The molecule has 4 rings (SSSR count). The van der Waals surface area contributed by atoms with Gasteiger partial charge in [-0.2, -0.15) is 0 Å². The molecular formula is C35H43N3O12. The first-order valence-electron chi connectivity index (χ1n) is 16.1. The van der Waals surface area contributed by atoms with Crippen molar-refractivity contribution in [2.24, 2.45) is 11.0 Å². The van der Waals surface area contributed by atoms with Gasteiger partial charge in [0.15, 0.2) is 24.8 Å². The van der Waals surface area contributed by atoms with Gasteiger partial charge < -0.3 is 42.6 Å². The Morgan fingerprint density at radius 3 is 2.02 bits per heavy atom. The molecule has 0 N–H and O–H groups in total. The van der Waals surface area contributed by atoms with Crippen molar-refractivity contribution in [2.45, 2.75) is 89.2 Å². The van der Waals surface area contributed by atoms with Gasteiger partial charge >= 0.3 is 17.9 Å². The van der Waals surface area contributed by atoms with Gasteiger partial charge in [0.2, 0.25) is 0 Å². The first-order chi connectivity index (χ1) is 24.2. The Kier molecular flexibility index (Phi) is 14.7. The molecule has 2 aliphatic rings. The van der Waals surface area contributed by atoms with E-state index in [1.807, 2.05) is 60.7 Å². The monoisotopic (exact) mass is 697 g/mol. The summed E-state index contributed by atoms with van der Waals surface area (Å²) >= 11 is 0. The van der Waals surface area contributed by atoms with Gasteiger partial charge in [-0.1, -0.05) is 78.8 Å². The molecule has 2 fully saturated rings. The van der Waals surface area contributed by atoms with Crippen LogP contribution in [0.4, 0.5) is 0 Å². The fourth-order valence-electron chi connectivity index (χ4n) is 5.78. The molecule has 0 amide bonds. The summed E-state index contributed by atoms with van der Waals surface area (Å²) in [7, 11) is 1.22. The topological polar surface area (TPSA) is 183 Å². The van der Waals surface area contributed by atoms with Gasteiger partial charge in [0.1, 0.15) is 37.1 Å². The van der Waals surface area contributed by atoms with E-state index in [9.17, 15) is 19.9 Å². The molecule has 4 unspecified atom stereocenters. The fourth-order valence-corrected chi connectivity index (χ4v) is 5.78. The van der Waals surface area contributed by atoms with E-state index < -0.39 is 79.1 Å². The number of rotatable bonds is 16. The predicted molar refractivity (Wildman–Crippen MR) is 175 cm³/mol. The Hall–Kier alpha value is -4.34. The van der Waals surface area contributed by atoms with Crippen LogP contribution < -0.4 is 0 Å². The van der Waals surface area contributed by atoms with Gasteiger partial charge in [-0.05, 0) is 16.7 Å². The second-order valence-electron chi connectivity index (χ2n) is 11.7. The Morgan fingerprint density at radius 2 is 1.48 bits per heavy atom. The Balaban J connectivity index is 1.76. The quantitative estimate of drug-likeness (QED) is 0.0610. The van der Waals surface area contributed by atoms with Crippen LogP contribution in [-0.4, -0.2) is 93.5 Å². The molecule has 0 spiro atoms. The molecule has 10 atom stereocenters. The third-order valence-corrected chi connectivity index (χ3v) is 8.09. The molecule has 15 nitrogen and oxygen atoms in total. The standard InChI is InChI=1S/C35H43N3O12/c1-6-17-43-34-27(37-38-36)31(46-19-25-15-11-8-12-16-25)30(26(48-34)20-44-22(3)39)50-35-32(47-23(4)40)28(21(2)29(49-35)33(41)42-5)45-18-24-13-9-7-10-14-24/h6-16,21,26-32,34-35H,1,17-20H2,2-5H3/t21-,26?,27?,28+,29?,30+,31-,32?,34-,35-/m0/s1. The Morgan fingerprint density at radius 1 is 0.860 bits per heavy atom. The summed E-state index contributed by atoms with van der Waals surface area (Å²) in [5, 5.41) is 3.96. The highest BCUT2D eigenvalue weighted by Crippen LogP contribution is 2.37. The number of ether oxygens (including phenoxy) is 9. The van der Waals surface area contributed by atoms with Crippen molar-refractivity contribution in [3.05, 3.63) is 94.9 Å². The van der Waals surface area contributed by atoms with E-state index in [1.54, 1.807) is 6.92 Å². The molecule has 270 valence electrons. The van der Waals surface area contributed by atoms with Crippen molar-refractivity contribution in [1.82, 2.24) is 0 Å². The molecular weight excluding hydrogens is 654 g/mol. The lowest BCUT2D eigenvalue weighted by atomic mass is 9.89. The summed E-state index contributed by atoms with van der Waals surface area (Å²) in [5.74, 6) is -2.65. The molecule has 0 bridgehead atoms. The number of benzene rings is 2. The highest BCUT2D eigenvalue weighted by molar-refractivity contribution is 5.75. The highest BCUT2D eigenvalue weighted by atomic mass is 16.8. The van der Waals surface area contributed by atoms with Crippen LogP contribution in [0, 0.1) is 5.92 Å². The summed E-state index contributed by atoms with van der Waals surface area (Å²) < 4.78 is 53.7. The maximum absolute atomic E-state index is 13.1. The van der Waals surface area contributed by atoms with Crippen molar-refractivity contribution in [2.75, 3.05) is 20.3 Å². The van der Waals surface area contributed by atoms with E-state index in [0.29, 0.717) is 0 Å². The number of methoxy groups -OCH3 is 1. The van der Waals surface area contributed by atoms with E-state index in [4.69, 9.17) is 42.6 Å². The number of hydrogen-bond acceptors (Lipinski definition) is 13. The average molecular weight is 698 g/mol. The van der Waals surface area contributed by atoms with Crippen LogP contribution in [-0.2, 0) is 70.2 Å². The molecule has 0 radical (unpaired) electrons. The van der Waals surface area contributed by atoms with Gasteiger partial charge in [-0.3, -0.25) is 9.59 Å². The smallest absolute Gasteiger partial charge is 0.335 e. The molecule has 0 aliphatic carbocycles. The second kappa shape index (κ2) is 19.2. The lowest BCUT2D eigenvalue weighted by molar-refractivity contribution is -0.344. The summed E-state index contributed by atoms with van der Waals surface area (Å²) in [5.41, 5.74) is 11.2. The molecule has 2 saturated heterocycles. The number of hydrogen-bond donors (Lipinski definition) is 0. The Bertz CT molecular complexity index is 1460. The van der Waals surface area contributed by atoms with Crippen molar-refractivity contribution in [3.63, 3.8) is 0 Å². The van der Waals surface area contributed by atoms with Crippen molar-refractivity contribution in [3.8, 4) is 0 Å². The molecule has 2 heterocycles. The first kappa shape index (κ1) is 38.5. The molecule has 50 heavy (non-hydrogen) atoms. The van der Waals surface area contributed by atoms with Crippen LogP contribution in [0.3, 0.4) is 0 Å². The van der Waals surface area contributed by atoms with Gasteiger partial charge in [0.05, 0.1) is 26.9 Å². The zero-order valence-electron chi connectivity index (χ0n) is 28.4. The SMILES string of the molecule is C=CCO[C@H]1OC(COC(C)=O)[C@@H](O[C@@H]2OC(C(=O)OC)[C@@H](C)[C@@H](OCc3ccccc3)C2OC(C)=O)[C@@H](OCc2ccccc2)C1N=[N+]=[N-]. The fraction of sp³-hybridized carbons (Fsp3) is 0.514. The van der Waals surface area contributed by atoms with E-state index in [0.717, 1.165) is 11.1 Å². The van der Waals surface area contributed by atoms with Crippen LogP contribution in [0.25, 0.3) is 10.4 Å². The van der Waals surface area contributed by atoms with Gasteiger partial charge in [-0.25, -0.2) is 4.79 Å². The maximum atomic E-state index is 13.1. The maximum Gasteiger partial charge on any atom is 0.335 e. The summed E-state index contributed by atoms with van der Waals surface area (Å²) in [6.45, 7) is 7.68. The van der Waals surface area contributed by atoms with E-state index >= 15 is 0 Å². The molecule has 15 heteroatoms. The number of esters is 3. The second-order valence-corrected chi connectivity index (χ2v) is 11.7. The van der Waals surface area contributed by atoms with Gasteiger partial charge in [0, 0.05) is 24.7 Å². The van der Waals surface area contributed by atoms with Crippen LogP contribution >= 0.6 is 0 Å². The predicted octanol–water partition coefficient (Wildman–Crippen LogP) is 4.18. The van der Waals surface area contributed by atoms with Crippen molar-refractivity contribution < 1.29 is 57.0 Å². The molecule has 2 aromatic carbocycles. The third-order valence-electron chi connectivity index (χ3n) is 8.09. The normalized spacial score (nSPS) is 29.2. The van der Waals surface area contributed by atoms with Crippen LogP contribution in [0.1, 0.15) is 31.9 Å². The lowest BCUT2D eigenvalue weighted by Gasteiger charge is -2.48. The number of nitrogens with zero attached hydrogens (tertiary/aromatic N) is 3. The van der Waals surface area contributed by atoms with Crippen molar-refractivity contribution >= 4 is 17.9 Å². The first-order valence-corrected chi connectivity index (χ1v) is 16.1. The lowest BCUT2D eigenvalue weighted by Crippen LogP contribution is -2.65. The zero-order chi connectivity index (χ0) is 36.0. The van der Waals surface area contributed by atoms with Crippen molar-refractivity contribution in [1.29, 1.82) is 0 Å². The van der Waals surface area contributed by atoms with E-state index in [1.165, 1.54) is 27.0 Å². The molecule has 0 saturated carbocycles. The molecule has 2 aliphatic heterocycles. The third kappa shape index (κ3) is 10.3. The van der Waals surface area contributed by atoms with E-state index in [-0.39, 0.29) is 26.4 Å². The average Bonchev–Trinajstić information content (AvgIpc) is 3.11. The zero-order valence-corrected chi connectivity index (χ0v) is 28.4. The molecule has 2 aromatic rings. The number of azide groups is 1. The van der Waals surface area contributed by atoms with Crippen LogP contribution in [0.2, 0.25) is 0 Å². The minimum absolute atomic E-state index is 0.0265. The summed E-state index contributed by atoms with van der Waals surface area (Å²) in [6.07, 6.45) is -7.96. The number of carbonyl (C=O) groups is 3. The number of carbonyl (C=O) groups excluding carboxylic acids is 3. The summed E-state index contributed by atoms with van der Waals surface area (Å²) in [6, 6.07) is 17.4. The Labute approximate surface area is 290 Å². The largest absolute Gasteiger partial charge is 0.467 e. The minimum atomic E-state index is -1.48. The summed E-state index contributed by atoms with van der Waals surface area (Å²) in [4.78, 5) is 40.6. The van der Waals surface area contributed by atoms with Gasteiger partial charge in [0.25, 0.3) is 0 Å². The minimum Gasteiger partial charge on any atom is -0.467 e. The van der Waals surface area contributed by atoms with Crippen LogP contribution in [0.15, 0.2) is 78.4 Å². The van der Waals surface area contributed by atoms with E-state index in [2.05, 4.69) is 16.6 Å².